The number of nitrogens with zero attached hydrogens (tertiary/aromatic N) is 1. The second-order valence-corrected chi connectivity index (χ2v) is 7.41. The van der Waals surface area contributed by atoms with E-state index in [1.54, 1.807) is 0 Å². The maximum absolute atomic E-state index is 12.8. The topological polar surface area (TPSA) is 85.1 Å². The number of Topliss-reactive ketones (excluding diaryl/α,β-unsaturated/α-hetero) is 1. The third kappa shape index (κ3) is 4.54. The number of alkyl halides is 3. The molecule has 27 heavy (non-hydrogen) atoms. The Kier molecular flexibility index (Phi) is 5.61. The van der Waals surface area contributed by atoms with Crippen molar-refractivity contribution < 1.29 is 22.8 Å². The summed E-state index contributed by atoms with van der Waals surface area (Å²) in [5.74, 6) is -1.03. The summed E-state index contributed by atoms with van der Waals surface area (Å²) in [4.78, 5) is 28.7. The zero-order valence-corrected chi connectivity index (χ0v) is 15.1. The predicted octanol–water partition coefficient (Wildman–Crippen LogP) is 3.64. The highest BCUT2D eigenvalue weighted by Crippen LogP contribution is 2.35. The monoisotopic (exact) mass is 397 g/mol. The average molecular weight is 397 g/mol. The van der Waals surface area contributed by atoms with Crippen molar-refractivity contribution in [2.75, 3.05) is 6.54 Å². The summed E-state index contributed by atoms with van der Waals surface area (Å²) in [7, 11) is 0. The Bertz CT molecular complexity index is 841. The second-order valence-electron chi connectivity index (χ2n) is 6.41. The molecule has 144 valence electrons. The van der Waals surface area contributed by atoms with Crippen LogP contribution in [0.2, 0.25) is 0 Å². The van der Waals surface area contributed by atoms with Crippen LogP contribution in [0.15, 0.2) is 24.3 Å². The number of rotatable bonds is 5. The third-order valence-electron chi connectivity index (χ3n) is 4.42. The van der Waals surface area contributed by atoms with Crippen molar-refractivity contribution in [1.82, 2.24) is 10.3 Å². The van der Waals surface area contributed by atoms with Crippen molar-refractivity contribution in [2.45, 2.75) is 37.9 Å². The van der Waals surface area contributed by atoms with Gasteiger partial charge in [0.25, 0.3) is 5.91 Å². The highest BCUT2D eigenvalue weighted by Gasteiger charge is 2.30. The first kappa shape index (κ1) is 19.5. The van der Waals surface area contributed by atoms with Crippen molar-refractivity contribution in [3.8, 4) is 10.4 Å². The molecule has 1 amide bonds. The molecule has 1 aromatic heterocycles. The number of thiazole rings is 1. The van der Waals surface area contributed by atoms with Crippen LogP contribution in [0.25, 0.3) is 10.4 Å². The zero-order chi connectivity index (χ0) is 19.6. The average Bonchev–Trinajstić information content (AvgIpc) is 3.08. The molecule has 0 spiro atoms. The molecule has 0 aliphatic carbocycles. The highest BCUT2D eigenvalue weighted by atomic mass is 32.1. The molecule has 1 aliphatic heterocycles. The number of nitrogens with two attached hydrogens (primary N) is 1. The van der Waals surface area contributed by atoms with Gasteiger partial charge < -0.3 is 11.1 Å². The van der Waals surface area contributed by atoms with E-state index < -0.39 is 17.6 Å². The lowest BCUT2D eigenvalue weighted by molar-refractivity contribution is -0.137. The molecule has 0 bridgehead atoms. The fourth-order valence-electron chi connectivity index (χ4n) is 3.04. The number of amides is 1. The van der Waals surface area contributed by atoms with Crippen LogP contribution in [0.4, 0.5) is 13.2 Å². The van der Waals surface area contributed by atoms with E-state index in [2.05, 4.69) is 10.3 Å². The molecule has 2 heterocycles. The molecule has 1 aromatic carbocycles. The minimum absolute atomic E-state index is 0.0328. The Hall–Kier alpha value is -2.26. The van der Waals surface area contributed by atoms with Crippen LogP contribution < -0.4 is 11.1 Å². The smallest absolute Gasteiger partial charge is 0.364 e. The van der Waals surface area contributed by atoms with Crippen molar-refractivity contribution in [2.24, 2.45) is 5.73 Å². The van der Waals surface area contributed by atoms with Gasteiger partial charge in [-0.15, -0.1) is 11.3 Å². The summed E-state index contributed by atoms with van der Waals surface area (Å²) >= 11 is 0.916. The molecule has 1 unspecified atom stereocenters. The Morgan fingerprint density at radius 2 is 1.93 bits per heavy atom. The van der Waals surface area contributed by atoms with Crippen molar-refractivity contribution in [3.63, 3.8) is 0 Å². The fourth-order valence-corrected chi connectivity index (χ4v) is 3.98. The molecule has 9 heteroatoms. The summed E-state index contributed by atoms with van der Waals surface area (Å²) in [6.45, 7) is 0.841. The molecule has 1 aliphatic rings. The van der Waals surface area contributed by atoms with Gasteiger partial charge in [0.05, 0.1) is 10.4 Å². The Balaban J connectivity index is 1.92. The lowest BCUT2D eigenvalue weighted by Gasteiger charge is -2.22. The van der Waals surface area contributed by atoms with E-state index in [0.717, 1.165) is 49.3 Å². The molecule has 2 aromatic rings. The van der Waals surface area contributed by atoms with E-state index in [4.69, 9.17) is 5.73 Å². The molecular weight excluding hydrogens is 379 g/mol. The maximum Gasteiger partial charge on any atom is 0.416 e. The zero-order valence-electron chi connectivity index (χ0n) is 14.3. The number of primary amides is 1. The lowest BCUT2D eigenvalue weighted by atomic mass is 9.98. The number of carbonyl (C=O) groups excluding carboxylic acids is 2. The first-order chi connectivity index (χ1) is 12.8. The van der Waals surface area contributed by atoms with E-state index in [1.165, 1.54) is 12.1 Å². The van der Waals surface area contributed by atoms with Gasteiger partial charge >= 0.3 is 6.18 Å². The standard InChI is InChI=1S/C18H18F3N3O2S/c19-18(20,21)11-6-4-10(5-7-11)15-14(24-17(27-15)16(22)26)13(25)9-12-3-1-2-8-23-12/h4-7,12,23H,1-3,8-9H2,(H2,22,26). The number of nitrogens with one attached hydrogen (secondary N) is 1. The molecule has 1 saturated heterocycles. The van der Waals surface area contributed by atoms with E-state index in [9.17, 15) is 22.8 Å². The number of hydrogen-bond acceptors (Lipinski definition) is 5. The SMILES string of the molecule is NC(=O)c1nc(C(=O)CC2CCCCN2)c(-c2ccc(C(F)(F)F)cc2)s1. The number of piperidine rings is 1. The van der Waals surface area contributed by atoms with Crippen molar-refractivity contribution >= 4 is 23.0 Å². The Morgan fingerprint density at radius 1 is 1.22 bits per heavy atom. The minimum atomic E-state index is -4.45. The first-order valence-electron chi connectivity index (χ1n) is 8.50. The number of ketones is 1. The highest BCUT2D eigenvalue weighted by molar-refractivity contribution is 7.17. The van der Waals surface area contributed by atoms with Gasteiger partial charge in [0, 0.05) is 12.5 Å². The van der Waals surface area contributed by atoms with Gasteiger partial charge in [0.15, 0.2) is 10.8 Å². The van der Waals surface area contributed by atoms with Crippen molar-refractivity contribution in [3.05, 3.63) is 40.5 Å². The van der Waals surface area contributed by atoms with Crippen LogP contribution in [0.3, 0.4) is 0 Å². The normalized spacial score (nSPS) is 17.7. The first-order valence-corrected chi connectivity index (χ1v) is 9.32. The molecule has 1 atom stereocenters. The molecule has 5 nitrogen and oxygen atoms in total. The molecular formula is C18H18F3N3O2S. The lowest BCUT2D eigenvalue weighted by Crippen LogP contribution is -2.35. The Morgan fingerprint density at radius 3 is 2.48 bits per heavy atom. The number of hydrogen-bond donors (Lipinski definition) is 2. The van der Waals surface area contributed by atoms with Gasteiger partial charge in [0.1, 0.15) is 5.69 Å². The number of benzene rings is 1. The maximum atomic E-state index is 12.8. The van der Waals surface area contributed by atoms with Crippen LogP contribution in [0.1, 0.15) is 51.5 Å². The van der Waals surface area contributed by atoms with E-state index in [-0.39, 0.29) is 28.9 Å². The molecule has 3 rings (SSSR count). The van der Waals surface area contributed by atoms with E-state index in [1.807, 2.05) is 0 Å². The van der Waals surface area contributed by atoms with Crippen LogP contribution in [-0.4, -0.2) is 29.3 Å². The molecule has 1 fully saturated rings. The largest absolute Gasteiger partial charge is 0.416 e. The summed E-state index contributed by atoms with van der Waals surface area (Å²) in [6, 6.07) is 4.46. The van der Waals surface area contributed by atoms with Gasteiger partial charge in [-0.25, -0.2) is 4.98 Å². The van der Waals surface area contributed by atoms with Gasteiger partial charge in [-0.05, 0) is 37.1 Å². The van der Waals surface area contributed by atoms with Crippen molar-refractivity contribution in [1.29, 1.82) is 0 Å². The summed E-state index contributed by atoms with van der Waals surface area (Å²) < 4.78 is 38.3. The number of carbonyl (C=O) groups is 2. The summed E-state index contributed by atoms with van der Waals surface area (Å²) in [5, 5.41) is 3.23. The number of aromatic nitrogens is 1. The predicted molar refractivity (Wildman–Crippen MR) is 95.7 cm³/mol. The van der Waals surface area contributed by atoms with Crippen LogP contribution >= 0.6 is 11.3 Å². The second kappa shape index (κ2) is 7.77. The molecule has 3 N–H and O–H groups in total. The fraction of sp³-hybridized carbons (Fsp3) is 0.389. The van der Waals surface area contributed by atoms with E-state index in [0.29, 0.717) is 10.4 Å². The van der Waals surface area contributed by atoms with Crippen LogP contribution in [0.5, 0.6) is 0 Å². The molecule has 0 radical (unpaired) electrons. The van der Waals surface area contributed by atoms with Gasteiger partial charge in [-0.2, -0.15) is 13.2 Å². The molecule has 0 saturated carbocycles. The van der Waals surface area contributed by atoms with Crippen LogP contribution in [-0.2, 0) is 6.18 Å². The summed E-state index contributed by atoms with van der Waals surface area (Å²) in [5.41, 5.74) is 4.97. The van der Waals surface area contributed by atoms with Gasteiger partial charge in [0.2, 0.25) is 0 Å². The summed E-state index contributed by atoms with van der Waals surface area (Å²) in [6.07, 6.45) is -1.27. The van der Waals surface area contributed by atoms with Gasteiger partial charge in [-0.1, -0.05) is 18.6 Å². The third-order valence-corrected chi connectivity index (χ3v) is 5.54. The van der Waals surface area contributed by atoms with E-state index >= 15 is 0 Å². The Labute approximate surface area is 157 Å². The quantitative estimate of drug-likeness (QED) is 0.755. The minimum Gasteiger partial charge on any atom is -0.364 e. The van der Waals surface area contributed by atoms with Crippen LogP contribution in [0, 0.1) is 0 Å². The van der Waals surface area contributed by atoms with Gasteiger partial charge in [-0.3, -0.25) is 9.59 Å². The number of halogens is 3.